The van der Waals surface area contributed by atoms with Gasteiger partial charge in [-0.2, -0.15) is 0 Å². The average molecular weight is 253 g/mol. The van der Waals surface area contributed by atoms with Crippen LogP contribution in [0.5, 0.6) is 0 Å². The van der Waals surface area contributed by atoms with E-state index in [1.165, 1.54) is 24.1 Å². The highest BCUT2D eigenvalue weighted by molar-refractivity contribution is 5.77. The lowest BCUT2D eigenvalue weighted by molar-refractivity contribution is -0.141. The maximum atomic E-state index is 11.6. The first-order valence-corrected chi connectivity index (χ1v) is 5.40. The number of nitrogens with zero attached hydrogens (tertiary/aromatic N) is 2. The fraction of sp³-hybridized carbons (Fsp3) is 0.455. The van der Waals surface area contributed by atoms with E-state index >= 15 is 0 Å². The summed E-state index contributed by atoms with van der Waals surface area (Å²) in [6.45, 7) is 1.55. The minimum absolute atomic E-state index is 0.0875. The van der Waals surface area contributed by atoms with Crippen molar-refractivity contribution in [3.05, 3.63) is 28.9 Å². The smallest absolute Gasteiger partial charge is 0.347 e. The van der Waals surface area contributed by atoms with Crippen LogP contribution >= 0.6 is 0 Å². The zero-order valence-corrected chi connectivity index (χ0v) is 10.3. The van der Waals surface area contributed by atoms with Crippen LogP contribution in [-0.4, -0.2) is 34.6 Å². The van der Waals surface area contributed by atoms with Crippen molar-refractivity contribution in [1.29, 1.82) is 0 Å². The highest BCUT2D eigenvalue weighted by Crippen LogP contribution is 1.93. The summed E-state index contributed by atoms with van der Waals surface area (Å²) in [6.07, 6.45) is 2.92. The predicted molar refractivity (Wildman–Crippen MR) is 62.7 cm³/mol. The maximum Gasteiger partial charge on any atom is 0.347 e. The van der Waals surface area contributed by atoms with Crippen LogP contribution in [0, 0.1) is 0 Å². The van der Waals surface area contributed by atoms with Crippen LogP contribution < -0.4 is 11.0 Å². The van der Waals surface area contributed by atoms with E-state index in [2.05, 4.69) is 15.0 Å². The van der Waals surface area contributed by atoms with Gasteiger partial charge in [0.1, 0.15) is 6.54 Å². The molecule has 0 aliphatic carbocycles. The van der Waals surface area contributed by atoms with E-state index in [9.17, 15) is 14.4 Å². The van der Waals surface area contributed by atoms with Crippen molar-refractivity contribution in [1.82, 2.24) is 14.9 Å². The van der Waals surface area contributed by atoms with E-state index in [1.807, 2.05) is 0 Å². The van der Waals surface area contributed by atoms with Crippen LogP contribution in [0.15, 0.2) is 23.3 Å². The molecule has 0 radical (unpaired) electrons. The second kappa shape index (κ2) is 6.53. The van der Waals surface area contributed by atoms with E-state index in [0.717, 1.165) is 0 Å². The molecule has 1 aromatic rings. The highest BCUT2D eigenvalue weighted by Gasteiger charge is 2.12. The van der Waals surface area contributed by atoms with Gasteiger partial charge in [0.05, 0.1) is 13.5 Å². The summed E-state index contributed by atoms with van der Waals surface area (Å²) >= 11 is 0. The number of rotatable bonds is 5. The molecular weight excluding hydrogens is 238 g/mol. The topological polar surface area (TPSA) is 90.3 Å². The molecule has 0 bridgehead atoms. The molecule has 7 heteroatoms. The van der Waals surface area contributed by atoms with Crippen molar-refractivity contribution in [3.63, 3.8) is 0 Å². The van der Waals surface area contributed by atoms with Gasteiger partial charge in [-0.3, -0.25) is 14.2 Å². The van der Waals surface area contributed by atoms with Crippen LogP contribution in [-0.2, 0) is 20.9 Å². The van der Waals surface area contributed by atoms with Gasteiger partial charge in [0.25, 0.3) is 0 Å². The number of ether oxygens (including phenoxy) is 1. The molecule has 1 aromatic heterocycles. The molecule has 1 heterocycles. The Morgan fingerprint density at radius 2 is 2.28 bits per heavy atom. The SMILES string of the molecule is COC(=O)CC(C)NC(=O)Cn1cccnc1=O. The monoisotopic (exact) mass is 253 g/mol. The maximum absolute atomic E-state index is 11.6. The lowest BCUT2D eigenvalue weighted by Crippen LogP contribution is -2.38. The normalized spacial score (nSPS) is 11.7. The van der Waals surface area contributed by atoms with Gasteiger partial charge in [0.2, 0.25) is 5.91 Å². The number of aromatic nitrogens is 2. The molecule has 1 atom stereocenters. The lowest BCUT2D eigenvalue weighted by atomic mass is 10.2. The van der Waals surface area contributed by atoms with Crippen molar-refractivity contribution in [2.75, 3.05) is 7.11 Å². The van der Waals surface area contributed by atoms with Gasteiger partial charge in [0, 0.05) is 18.4 Å². The molecule has 0 fully saturated rings. The summed E-state index contributed by atoms with van der Waals surface area (Å²) in [7, 11) is 1.28. The van der Waals surface area contributed by atoms with Gasteiger partial charge in [-0.1, -0.05) is 0 Å². The van der Waals surface area contributed by atoms with E-state index in [0.29, 0.717) is 0 Å². The van der Waals surface area contributed by atoms with E-state index in [-0.39, 0.29) is 24.9 Å². The second-order valence-corrected chi connectivity index (χ2v) is 3.78. The van der Waals surface area contributed by atoms with E-state index < -0.39 is 11.7 Å². The third-order valence-electron chi connectivity index (χ3n) is 2.20. The Hall–Kier alpha value is -2.18. The summed E-state index contributed by atoms with van der Waals surface area (Å²) in [5.74, 6) is -0.761. The Bertz CT molecular complexity index is 483. The first kappa shape index (κ1) is 13.9. The van der Waals surface area contributed by atoms with E-state index in [4.69, 9.17) is 0 Å². The second-order valence-electron chi connectivity index (χ2n) is 3.78. The molecule has 1 N–H and O–H groups in total. The minimum atomic E-state index is -0.492. The number of carbonyl (C=O) groups excluding carboxylic acids is 2. The number of hydrogen-bond donors (Lipinski definition) is 1. The number of methoxy groups -OCH3 is 1. The first-order chi connectivity index (χ1) is 8.52. The van der Waals surface area contributed by atoms with Crippen LogP contribution in [0.25, 0.3) is 0 Å². The summed E-state index contributed by atoms with van der Waals surface area (Å²) < 4.78 is 5.67. The highest BCUT2D eigenvalue weighted by atomic mass is 16.5. The van der Waals surface area contributed by atoms with Gasteiger partial charge in [-0.05, 0) is 13.0 Å². The Balaban J connectivity index is 2.50. The zero-order valence-electron chi connectivity index (χ0n) is 10.3. The molecule has 1 amide bonds. The number of carbonyl (C=O) groups is 2. The van der Waals surface area contributed by atoms with Crippen LogP contribution in [0.3, 0.4) is 0 Å². The average Bonchev–Trinajstić information content (AvgIpc) is 2.31. The minimum Gasteiger partial charge on any atom is -0.469 e. The van der Waals surface area contributed by atoms with Crippen LogP contribution in [0.1, 0.15) is 13.3 Å². The molecule has 0 saturated carbocycles. The molecule has 0 aromatic carbocycles. The third-order valence-corrected chi connectivity index (χ3v) is 2.20. The molecular formula is C11H15N3O4. The van der Waals surface area contributed by atoms with Crippen LogP contribution in [0.2, 0.25) is 0 Å². The quantitative estimate of drug-likeness (QED) is 0.701. The Morgan fingerprint density at radius 1 is 1.56 bits per heavy atom. The Kier molecular flexibility index (Phi) is 5.04. The lowest BCUT2D eigenvalue weighted by Gasteiger charge is -2.12. The van der Waals surface area contributed by atoms with Crippen molar-refractivity contribution < 1.29 is 14.3 Å². The van der Waals surface area contributed by atoms with Crippen LogP contribution in [0.4, 0.5) is 0 Å². The van der Waals surface area contributed by atoms with Gasteiger partial charge in [0.15, 0.2) is 0 Å². The predicted octanol–water partition coefficient (Wildman–Crippen LogP) is -0.689. The number of nitrogens with one attached hydrogen (secondary N) is 1. The zero-order chi connectivity index (χ0) is 13.5. The molecule has 0 aliphatic rings. The molecule has 0 spiro atoms. The standard InChI is InChI=1S/C11H15N3O4/c1-8(6-10(16)18-2)13-9(15)7-14-5-3-4-12-11(14)17/h3-5,8H,6-7H2,1-2H3,(H,13,15). The molecule has 98 valence electrons. The van der Waals surface area contributed by atoms with Crippen molar-refractivity contribution in [2.24, 2.45) is 0 Å². The van der Waals surface area contributed by atoms with Crippen molar-refractivity contribution >= 4 is 11.9 Å². The molecule has 1 unspecified atom stereocenters. The van der Waals surface area contributed by atoms with Gasteiger partial charge >= 0.3 is 11.7 Å². The molecule has 0 aliphatic heterocycles. The van der Waals surface area contributed by atoms with Crippen molar-refractivity contribution in [3.8, 4) is 0 Å². The summed E-state index contributed by atoms with van der Waals surface area (Å²) in [4.78, 5) is 37.4. The van der Waals surface area contributed by atoms with Gasteiger partial charge in [-0.25, -0.2) is 9.78 Å². The fourth-order valence-electron chi connectivity index (χ4n) is 1.37. The third kappa shape index (κ3) is 4.36. The first-order valence-electron chi connectivity index (χ1n) is 5.40. The molecule has 18 heavy (non-hydrogen) atoms. The number of hydrogen-bond acceptors (Lipinski definition) is 5. The van der Waals surface area contributed by atoms with Gasteiger partial charge in [-0.15, -0.1) is 0 Å². The van der Waals surface area contributed by atoms with Crippen molar-refractivity contribution in [2.45, 2.75) is 25.9 Å². The Morgan fingerprint density at radius 3 is 2.89 bits per heavy atom. The fourth-order valence-corrected chi connectivity index (χ4v) is 1.37. The Labute approximate surface area is 104 Å². The summed E-state index contributed by atoms with van der Waals surface area (Å²) in [5.41, 5.74) is -0.492. The van der Waals surface area contributed by atoms with Gasteiger partial charge < -0.3 is 10.1 Å². The largest absolute Gasteiger partial charge is 0.469 e. The number of amides is 1. The summed E-state index contributed by atoms with van der Waals surface area (Å²) in [6, 6.07) is 1.21. The summed E-state index contributed by atoms with van der Waals surface area (Å²) in [5, 5.41) is 2.59. The van der Waals surface area contributed by atoms with E-state index in [1.54, 1.807) is 13.0 Å². The molecule has 1 rings (SSSR count). The molecule has 0 saturated heterocycles. The number of esters is 1. The molecule has 7 nitrogen and oxygen atoms in total.